The van der Waals surface area contributed by atoms with Gasteiger partial charge in [-0.25, -0.2) is 0 Å². The molecule has 1 heterocycles. The van der Waals surface area contributed by atoms with Crippen LogP contribution in [0.4, 0.5) is 0 Å². The molecule has 47 heavy (non-hydrogen) atoms. The topological polar surface area (TPSA) is 149 Å². The SMILES string of the molecule is CCCCCCCCCCCCCC[C@@H](O)[C@@H](O)[C@H](COC1OC(CO)CC(O)C1O)NC(=O)C(c1ccccc1)c1ccccc1. The van der Waals surface area contributed by atoms with Crippen LogP contribution in [0.2, 0.25) is 0 Å². The molecule has 0 radical (unpaired) electrons. The minimum Gasteiger partial charge on any atom is -0.394 e. The summed E-state index contributed by atoms with van der Waals surface area (Å²) in [4.78, 5) is 13.9. The second kappa shape index (κ2) is 22.3. The summed E-state index contributed by atoms with van der Waals surface area (Å²) in [6.45, 7) is 1.57. The standard InChI is InChI=1S/C38H59NO8/c1-2-3-4-5-6-7-8-9-10-11-12-19-24-32(41)35(43)31(27-46-38-36(44)33(42)25-30(26-40)47-38)39-37(45)34(28-20-15-13-16-21-28)29-22-17-14-18-23-29/h13-18,20-23,30-36,38,40-44H,2-12,19,24-27H2,1H3,(H,39,45)/t30?,31-,32+,33?,35-,36?,38?/m0/s1. The molecule has 1 saturated heterocycles. The lowest BCUT2D eigenvalue weighted by Gasteiger charge is -2.37. The second-order valence-electron chi connectivity index (χ2n) is 13.0. The van der Waals surface area contributed by atoms with Crippen molar-refractivity contribution in [2.24, 2.45) is 0 Å². The van der Waals surface area contributed by atoms with E-state index in [-0.39, 0.29) is 25.5 Å². The predicted molar refractivity (Wildman–Crippen MR) is 183 cm³/mol. The van der Waals surface area contributed by atoms with Gasteiger partial charge in [0.2, 0.25) is 5.91 Å². The molecule has 1 aliphatic rings. The van der Waals surface area contributed by atoms with Crippen LogP contribution in [0.3, 0.4) is 0 Å². The minimum atomic E-state index is -1.38. The van der Waals surface area contributed by atoms with Crippen LogP contribution in [0.15, 0.2) is 60.7 Å². The van der Waals surface area contributed by atoms with E-state index in [0.29, 0.717) is 6.42 Å². The van der Waals surface area contributed by atoms with Gasteiger partial charge in [-0.3, -0.25) is 4.79 Å². The average Bonchev–Trinajstić information content (AvgIpc) is 3.09. The molecular formula is C38H59NO8. The number of benzene rings is 2. The Kier molecular flexibility index (Phi) is 18.5. The van der Waals surface area contributed by atoms with Crippen molar-refractivity contribution in [1.82, 2.24) is 5.32 Å². The van der Waals surface area contributed by atoms with Crippen molar-refractivity contribution in [3.05, 3.63) is 71.8 Å². The summed E-state index contributed by atoms with van der Waals surface area (Å²) in [6.07, 6.45) is 7.65. The molecule has 1 amide bonds. The Morgan fingerprint density at radius 1 is 0.830 bits per heavy atom. The van der Waals surface area contributed by atoms with Crippen molar-refractivity contribution < 1.29 is 39.8 Å². The first-order chi connectivity index (χ1) is 22.8. The van der Waals surface area contributed by atoms with Crippen molar-refractivity contribution in [3.63, 3.8) is 0 Å². The van der Waals surface area contributed by atoms with E-state index < -0.39 is 48.8 Å². The van der Waals surface area contributed by atoms with Gasteiger partial charge in [0.05, 0.1) is 43.5 Å². The number of ether oxygens (including phenoxy) is 2. The van der Waals surface area contributed by atoms with Crippen LogP contribution in [0.5, 0.6) is 0 Å². The molecule has 0 saturated carbocycles. The number of hydrogen-bond acceptors (Lipinski definition) is 8. The fourth-order valence-corrected chi connectivity index (χ4v) is 6.28. The molecule has 0 spiro atoms. The van der Waals surface area contributed by atoms with Gasteiger partial charge >= 0.3 is 0 Å². The van der Waals surface area contributed by atoms with Crippen molar-refractivity contribution in [2.75, 3.05) is 13.2 Å². The van der Waals surface area contributed by atoms with Crippen LogP contribution in [-0.4, -0.2) is 87.5 Å². The fourth-order valence-electron chi connectivity index (χ4n) is 6.28. The third-order valence-corrected chi connectivity index (χ3v) is 9.16. The normalized spacial score (nSPS) is 21.8. The summed E-state index contributed by atoms with van der Waals surface area (Å²) in [6, 6.07) is 17.6. The molecule has 1 aliphatic heterocycles. The molecule has 2 aromatic carbocycles. The molecule has 6 N–H and O–H groups in total. The first kappa shape index (κ1) is 39.1. The largest absolute Gasteiger partial charge is 0.394 e. The molecule has 9 nitrogen and oxygen atoms in total. The minimum absolute atomic E-state index is 0.0495. The summed E-state index contributed by atoms with van der Waals surface area (Å²) in [5.41, 5.74) is 1.53. The van der Waals surface area contributed by atoms with Gasteiger partial charge in [0.15, 0.2) is 6.29 Å². The van der Waals surface area contributed by atoms with Crippen LogP contribution >= 0.6 is 0 Å². The van der Waals surface area contributed by atoms with Gasteiger partial charge in [0.1, 0.15) is 12.2 Å². The Bertz CT molecular complexity index is 1050. The van der Waals surface area contributed by atoms with Gasteiger partial charge in [0.25, 0.3) is 0 Å². The quantitative estimate of drug-likeness (QED) is 0.0919. The highest BCUT2D eigenvalue weighted by atomic mass is 16.7. The number of hydrogen-bond donors (Lipinski definition) is 6. The van der Waals surface area contributed by atoms with E-state index >= 15 is 0 Å². The molecule has 2 aromatic rings. The highest BCUT2D eigenvalue weighted by Gasteiger charge is 2.39. The van der Waals surface area contributed by atoms with Gasteiger partial charge in [-0.1, -0.05) is 145 Å². The molecule has 0 aromatic heterocycles. The monoisotopic (exact) mass is 657 g/mol. The zero-order valence-corrected chi connectivity index (χ0v) is 28.2. The summed E-state index contributed by atoms with van der Waals surface area (Å²) < 4.78 is 11.4. The van der Waals surface area contributed by atoms with Crippen molar-refractivity contribution in [1.29, 1.82) is 0 Å². The van der Waals surface area contributed by atoms with E-state index in [4.69, 9.17) is 9.47 Å². The molecule has 264 valence electrons. The smallest absolute Gasteiger partial charge is 0.232 e. The molecule has 3 rings (SSSR count). The first-order valence-corrected chi connectivity index (χ1v) is 17.9. The van der Waals surface area contributed by atoms with Crippen LogP contribution in [-0.2, 0) is 14.3 Å². The molecule has 0 aliphatic carbocycles. The van der Waals surface area contributed by atoms with Crippen LogP contribution in [0, 0.1) is 0 Å². The highest BCUT2D eigenvalue weighted by molar-refractivity contribution is 5.87. The predicted octanol–water partition coefficient (Wildman–Crippen LogP) is 4.96. The van der Waals surface area contributed by atoms with E-state index in [2.05, 4.69) is 12.2 Å². The van der Waals surface area contributed by atoms with E-state index in [0.717, 1.165) is 36.8 Å². The highest BCUT2D eigenvalue weighted by Crippen LogP contribution is 2.26. The summed E-state index contributed by atoms with van der Waals surface area (Å²) in [5, 5.41) is 55.6. The van der Waals surface area contributed by atoms with Gasteiger partial charge in [-0.15, -0.1) is 0 Å². The van der Waals surface area contributed by atoms with Gasteiger partial charge in [0, 0.05) is 6.42 Å². The molecule has 0 bridgehead atoms. The Morgan fingerprint density at radius 3 is 1.85 bits per heavy atom. The lowest BCUT2D eigenvalue weighted by molar-refractivity contribution is -0.274. The number of rotatable bonds is 23. The number of nitrogens with one attached hydrogen (secondary N) is 1. The van der Waals surface area contributed by atoms with E-state index in [1.807, 2.05) is 60.7 Å². The zero-order valence-electron chi connectivity index (χ0n) is 28.2. The molecule has 9 heteroatoms. The van der Waals surface area contributed by atoms with Gasteiger partial charge in [-0.05, 0) is 17.5 Å². The van der Waals surface area contributed by atoms with E-state index in [9.17, 15) is 30.3 Å². The molecule has 4 unspecified atom stereocenters. The maximum atomic E-state index is 13.9. The fraction of sp³-hybridized carbons (Fsp3) is 0.658. The van der Waals surface area contributed by atoms with Gasteiger partial charge < -0.3 is 40.3 Å². The number of carbonyl (C=O) groups is 1. The maximum absolute atomic E-state index is 13.9. The number of unbranched alkanes of at least 4 members (excludes halogenated alkanes) is 11. The lowest BCUT2D eigenvalue weighted by atomic mass is 9.90. The third kappa shape index (κ3) is 13.6. The van der Waals surface area contributed by atoms with Crippen LogP contribution in [0.1, 0.15) is 114 Å². The Labute approximate surface area is 281 Å². The van der Waals surface area contributed by atoms with Crippen LogP contribution < -0.4 is 5.32 Å². The van der Waals surface area contributed by atoms with Crippen molar-refractivity contribution in [2.45, 2.75) is 146 Å². The first-order valence-electron chi connectivity index (χ1n) is 17.9. The molecule has 1 fully saturated rings. The maximum Gasteiger partial charge on any atom is 0.232 e. The van der Waals surface area contributed by atoms with Gasteiger partial charge in [-0.2, -0.15) is 0 Å². The summed E-state index contributed by atoms with van der Waals surface area (Å²) >= 11 is 0. The lowest BCUT2D eigenvalue weighted by Crippen LogP contribution is -2.55. The summed E-state index contributed by atoms with van der Waals surface area (Å²) in [7, 11) is 0. The molecular weight excluding hydrogens is 598 g/mol. The van der Waals surface area contributed by atoms with E-state index in [1.54, 1.807) is 0 Å². The Balaban J connectivity index is 1.60. The van der Waals surface area contributed by atoms with Crippen molar-refractivity contribution in [3.8, 4) is 0 Å². The third-order valence-electron chi connectivity index (χ3n) is 9.16. The molecule has 7 atom stereocenters. The van der Waals surface area contributed by atoms with Crippen LogP contribution in [0.25, 0.3) is 0 Å². The van der Waals surface area contributed by atoms with E-state index in [1.165, 1.54) is 51.4 Å². The number of aliphatic hydroxyl groups excluding tert-OH is 5. The average molecular weight is 658 g/mol. The Morgan fingerprint density at radius 2 is 1.34 bits per heavy atom. The number of aliphatic hydroxyl groups is 5. The number of carbonyl (C=O) groups excluding carboxylic acids is 1. The van der Waals surface area contributed by atoms with Crippen molar-refractivity contribution >= 4 is 5.91 Å². The zero-order chi connectivity index (χ0) is 33.9. The Hall–Kier alpha value is -2.37. The second-order valence-corrected chi connectivity index (χ2v) is 13.0. The summed E-state index contributed by atoms with van der Waals surface area (Å²) in [5.74, 6) is -1.07. The number of amides is 1.